The van der Waals surface area contributed by atoms with Gasteiger partial charge in [-0.1, -0.05) is 18.2 Å². The molecule has 77 valence electrons. The molecule has 0 heterocycles. The minimum absolute atomic E-state index is 0.0934. The zero-order valence-corrected chi connectivity index (χ0v) is 8.67. The summed E-state index contributed by atoms with van der Waals surface area (Å²) in [5.41, 5.74) is 1.08. The minimum Gasteiger partial charge on any atom is -0.236 e. The van der Waals surface area contributed by atoms with Gasteiger partial charge in [-0.05, 0) is 18.1 Å². The van der Waals surface area contributed by atoms with Crippen molar-refractivity contribution in [2.24, 2.45) is 5.14 Å². The van der Waals surface area contributed by atoms with Crippen LogP contribution in [0.5, 0.6) is 0 Å². The molecule has 0 atom stereocenters. The third-order valence-corrected chi connectivity index (χ3v) is 3.10. The molecule has 0 saturated heterocycles. The summed E-state index contributed by atoms with van der Waals surface area (Å²) in [7, 11) is -3.73. The molecule has 0 bridgehead atoms. The van der Waals surface area contributed by atoms with Crippen LogP contribution in [0.2, 0.25) is 0 Å². The van der Waals surface area contributed by atoms with Crippen molar-refractivity contribution in [1.82, 2.24) is 0 Å². The highest BCUT2D eigenvalue weighted by molar-refractivity contribution is 7.89. The summed E-state index contributed by atoms with van der Waals surface area (Å²) in [6.07, 6.45) is 0.188. The zero-order chi connectivity index (χ0) is 10.8. The number of sulfonamides is 1. The van der Waals surface area contributed by atoms with E-state index in [0.717, 1.165) is 0 Å². The predicted octanol–water partition coefficient (Wildman–Crippen LogP) is 0.615. The Morgan fingerprint density at radius 1 is 1.36 bits per heavy atom. The van der Waals surface area contributed by atoms with Gasteiger partial charge in [-0.2, -0.15) is 0 Å². The number of rotatable bonds is 3. The van der Waals surface area contributed by atoms with Crippen LogP contribution < -0.4 is 5.14 Å². The Bertz CT molecular complexity index is 426. The number of benzene rings is 1. The van der Waals surface area contributed by atoms with E-state index in [1.165, 1.54) is 0 Å². The summed E-state index contributed by atoms with van der Waals surface area (Å²) in [4.78, 5) is 0.0934. The molecule has 0 aliphatic carbocycles. The third-order valence-electron chi connectivity index (χ3n) is 1.95. The van der Waals surface area contributed by atoms with Crippen LogP contribution in [0.3, 0.4) is 0 Å². The van der Waals surface area contributed by atoms with E-state index < -0.39 is 10.0 Å². The van der Waals surface area contributed by atoms with Gasteiger partial charge in [0.2, 0.25) is 10.0 Å². The molecule has 0 aliphatic rings. The zero-order valence-electron chi connectivity index (χ0n) is 7.86. The van der Waals surface area contributed by atoms with Crippen LogP contribution in [0.25, 0.3) is 0 Å². The topological polar surface area (TPSA) is 80.1 Å². The molecule has 0 saturated carbocycles. The monoisotopic (exact) mass is 214 g/mol. The second-order valence-electron chi connectivity index (χ2n) is 3.06. The fourth-order valence-electron chi connectivity index (χ4n) is 1.43. The molecule has 14 heavy (non-hydrogen) atoms. The number of hydrogen-bond donors (Lipinski definition) is 1. The lowest BCUT2D eigenvalue weighted by Gasteiger charge is -2.08. The van der Waals surface area contributed by atoms with Crippen molar-refractivity contribution >= 4 is 10.0 Å². The first-order valence-corrected chi connectivity index (χ1v) is 5.71. The Morgan fingerprint density at radius 2 is 2.00 bits per heavy atom. The first-order chi connectivity index (χ1) is 6.46. The van der Waals surface area contributed by atoms with Crippen LogP contribution in [-0.2, 0) is 21.6 Å². The molecule has 1 radical (unpaired) electrons. The molecule has 0 unspecified atom stereocenters. The average Bonchev–Trinajstić information content (AvgIpc) is 2.02. The van der Waals surface area contributed by atoms with Gasteiger partial charge >= 0.3 is 0 Å². The van der Waals surface area contributed by atoms with Crippen molar-refractivity contribution < 1.29 is 13.5 Å². The second-order valence-corrected chi connectivity index (χ2v) is 4.56. The van der Waals surface area contributed by atoms with Crippen molar-refractivity contribution in [3.05, 3.63) is 29.3 Å². The van der Waals surface area contributed by atoms with Gasteiger partial charge in [0.25, 0.3) is 0 Å². The van der Waals surface area contributed by atoms with Crippen LogP contribution in [0.1, 0.15) is 11.1 Å². The van der Waals surface area contributed by atoms with Gasteiger partial charge in [-0.15, -0.1) is 0 Å². The van der Waals surface area contributed by atoms with Crippen molar-refractivity contribution in [2.75, 3.05) is 6.61 Å². The van der Waals surface area contributed by atoms with Crippen LogP contribution in [-0.4, -0.2) is 15.0 Å². The molecule has 2 N–H and O–H groups in total. The first kappa shape index (κ1) is 11.2. The largest absolute Gasteiger partial charge is 0.238 e. The highest BCUT2D eigenvalue weighted by atomic mass is 32.2. The Balaban J connectivity index is 3.37. The maximum absolute atomic E-state index is 11.2. The van der Waals surface area contributed by atoms with Gasteiger partial charge in [-0.3, -0.25) is 0 Å². The molecule has 0 fully saturated rings. The molecular formula is C9H12NO3S. The third kappa shape index (κ3) is 2.31. The summed E-state index contributed by atoms with van der Waals surface area (Å²) in [6.45, 7) is 1.32. The SMILES string of the molecule is Cc1cccc(CC[O])c1S(N)(=O)=O. The van der Waals surface area contributed by atoms with E-state index in [2.05, 4.69) is 0 Å². The molecule has 1 aromatic carbocycles. The van der Waals surface area contributed by atoms with Gasteiger partial charge in [-0.25, -0.2) is 18.7 Å². The van der Waals surface area contributed by atoms with Crippen LogP contribution in [0, 0.1) is 6.92 Å². The highest BCUT2D eigenvalue weighted by Crippen LogP contribution is 2.19. The number of nitrogens with two attached hydrogens (primary N) is 1. The second kappa shape index (κ2) is 4.08. The Morgan fingerprint density at radius 3 is 2.50 bits per heavy atom. The van der Waals surface area contributed by atoms with Crippen LogP contribution >= 0.6 is 0 Å². The Hall–Kier alpha value is -0.910. The van der Waals surface area contributed by atoms with Crippen LogP contribution in [0.4, 0.5) is 0 Å². The molecular weight excluding hydrogens is 202 g/mol. The molecule has 0 spiro atoms. The van der Waals surface area contributed by atoms with Gasteiger partial charge in [0.15, 0.2) is 0 Å². The molecule has 0 aromatic heterocycles. The summed E-state index contributed by atoms with van der Waals surface area (Å²) in [6, 6.07) is 4.99. The molecule has 5 heteroatoms. The summed E-state index contributed by atoms with van der Waals surface area (Å²) >= 11 is 0. The van der Waals surface area contributed by atoms with E-state index in [9.17, 15) is 13.5 Å². The van der Waals surface area contributed by atoms with Gasteiger partial charge in [0.1, 0.15) is 0 Å². The van der Waals surface area contributed by atoms with E-state index in [0.29, 0.717) is 11.1 Å². The highest BCUT2D eigenvalue weighted by Gasteiger charge is 2.15. The molecule has 0 amide bonds. The maximum atomic E-state index is 11.2. The maximum Gasteiger partial charge on any atom is 0.238 e. The van der Waals surface area contributed by atoms with E-state index in [-0.39, 0.29) is 17.9 Å². The number of primary sulfonamides is 1. The van der Waals surface area contributed by atoms with Gasteiger partial charge in [0, 0.05) is 6.42 Å². The summed E-state index contributed by atoms with van der Waals surface area (Å²) < 4.78 is 22.5. The van der Waals surface area contributed by atoms with E-state index in [1.807, 2.05) is 0 Å². The van der Waals surface area contributed by atoms with E-state index >= 15 is 0 Å². The van der Waals surface area contributed by atoms with Gasteiger partial charge in [0.05, 0.1) is 11.5 Å². The molecule has 1 rings (SSSR count). The van der Waals surface area contributed by atoms with Gasteiger partial charge < -0.3 is 0 Å². The smallest absolute Gasteiger partial charge is 0.236 e. The predicted molar refractivity (Wildman–Crippen MR) is 51.8 cm³/mol. The van der Waals surface area contributed by atoms with Crippen molar-refractivity contribution in [1.29, 1.82) is 0 Å². The fourth-order valence-corrected chi connectivity index (χ4v) is 2.48. The number of hydrogen-bond acceptors (Lipinski definition) is 2. The Labute approximate surface area is 83.4 Å². The molecule has 0 aliphatic heterocycles. The first-order valence-electron chi connectivity index (χ1n) is 4.16. The standard InChI is InChI=1S/C9H12NO3S/c1-7-3-2-4-8(5-6-11)9(7)14(10,12)13/h2-4H,5-6H2,1H3,(H2,10,12,13). The van der Waals surface area contributed by atoms with Crippen LogP contribution in [0.15, 0.2) is 23.1 Å². The lowest BCUT2D eigenvalue weighted by Crippen LogP contribution is -2.16. The van der Waals surface area contributed by atoms with Crippen molar-refractivity contribution in [3.63, 3.8) is 0 Å². The minimum atomic E-state index is -3.73. The average molecular weight is 214 g/mol. The van der Waals surface area contributed by atoms with Crippen molar-refractivity contribution in [3.8, 4) is 0 Å². The molecule has 1 aromatic rings. The summed E-state index contributed by atoms with van der Waals surface area (Å²) in [5.74, 6) is 0. The van der Waals surface area contributed by atoms with E-state index in [1.54, 1.807) is 25.1 Å². The lowest BCUT2D eigenvalue weighted by atomic mass is 10.1. The quantitative estimate of drug-likeness (QED) is 0.800. The Kier molecular flexibility index (Phi) is 3.25. The molecule has 4 nitrogen and oxygen atoms in total. The van der Waals surface area contributed by atoms with Crippen molar-refractivity contribution in [2.45, 2.75) is 18.2 Å². The lowest BCUT2D eigenvalue weighted by molar-refractivity contribution is 0.196. The summed E-state index contributed by atoms with van der Waals surface area (Å²) in [5, 5.41) is 15.5. The van der Waals surface area contributed by atoms with E-state index in [4.69, 9.17) is 5.14 Å². The normalized spacial score (nSPS) is 11.6. The fraction of sp³-hybridized carbons (Fsp3) is 0.333. The number of aryl methyl sites for hydroxylation is 1.